The molecule has 6 rings (SSSR count). The summed E-state index contributed by atoms with van der Waals surface area (Å²) in [6, 6.07) is 33.9. The van der Waals surface area contributed by atoms with E-state index in [4.69, 9.17) is 4.98 Å². The predicted molar refractivity (Wildman–Crippen MR) is 124 cm³/mol. The number of nitrogens with zero attached hydrogens (tertiary/aromatic N) is 3. The number of fused-ring (bicyclic) bond motifs is 4. The van der Waals surface area contributed by atoms with Crippen molar-refractivity contribution >= 4 is 16.7 Å². The molecule has 2 unspecified atom stereocenters. The molecule has 0 aliphatic carbocycles. The highest BCUT2D eigenvalue weighted by Crippen LogP contribution is 2.46. The summed E-state index contributed by atoms with van der Waals surface area (Å²) in [5.41, 5.74) is 6.69. The van der Waals surface area contributed by atoms with Crippen molar-refractivity contribution in [3.63, 3.8) is 0 Å². The molecule has 0 saturated carbocycles. The van der Waals surface area contributed by atoms with Crippen LogP contribution in [-0.2, 0) is 0 Å². The number of benzene rings is 4. The lowest BCUT2D eigenvalue weighted by atomic mass is 9.80. The number of nitro groups is 1. The van der Waals surface area contributed by atoms with Gasteiger partial charge in [0.15, 0.2) is 0 Å². The van der Waals surface area contributed by atoms with Gasteiger partial charge in [0.25, 0.3) is 5.69 Å². The Morgan fingerprint density at radius 2 is 1.38 bits per heavy atom. The molecule has 1 aliphatic heterocycles. The van der Waals surface area contributed by atoms with E-state index >= 15 is 0 Å². The first kappa shape index (κ1) is 18.5. The van der Waals surface area contributed by atoms with Gasteiger partial charge in [-0.2, -0.15) is 0 Å². The second-order valence-electron chi connectivity index (χ2n) is 8.05. The Bertz CT molecular complexity index is 1460. The van der Waals surface area contributed by atoms with Crippen LogP contribution in [0.3, 0.4) is 0 Å². The summed E-state index contributed by atoms with van der Waals surface area (Å²) in [6.45, 7) is 0. The maximum Gasteiger partial charge on any atom is 0.269 e. The SMILES string of the molecule is O=[N+]([O-])c1ccc(C2c3ccccc3C(c3ccccc3)c3nc4ccccc4n32)cc1. The second kappa shape index (κ2) is 7.17. The highest BCUT2D eigenvalue weighted by Gasteiger charge is 2.36. The Morgan fingerprint density at radius 1 is 0.719 bits per heavy atom. The highest BCUT2D eigenvalue weighted by molar-refractivity contribution is 5.78. The van der Waals surface area contributed by atoms with Crippen LogP contribution in [0.1, 0.15) is 40.0 Å². The van der Waals surface area contributed by atoms with Crippen LogP contribution in [0.4, 0.5) is 5.69 Å². The normalized spacial score (nSPS) is 17.0. The number of nitro benzene ring substituents is 1. The number of hydrogen-bond acceptors (Lipinski definition) is 3. The van der Waals surface area contributed by atoms with E-state index in [1.165, 1.54) is 16.7 Å². The van der Waals surface area contributed by atoms with E-state index in [1.807, 2.05) is 36.4 Å². The topological polar surface area (TPSA) is 61.0 Å². The smallest absolute Gasteiger partial charge is 0.269 e. The molecule has 0 radical (unpaired) electrons. The van der Waals surface area contributed by atoms with E-state index in [0.717, 1.165) is 22.4 Å². The van der Waals surface area contributed by atoms with Crippen LogP contribution in [0.5, 0.6) is 0 Å². The number of non-ortho nitro benzene ring substituents is 1. The Morgan fingerprint density at radius 3 is 2.12 bits per heavy atom. The largest absolute Gasteiger partial charge is 0.315 e. The van der Waals surface area contributed by atoms with Crippen LogP contribution in [0.2, 0.25) is 0 Å². The molecule has 4 aromatic carbocycles. The third-order valence-corrected chi connectivity index (χ3v) is 6.29. The zero-order valence-electron chi connectivity index (χ0n) is 17.1. The molecule has 1 aliphatic rings. The van der Waals surface area contributed by atoms with Crippen LogP contribution in [0.25, 0.3) is 11.0 Å². The van der Waals surface area contributed by atoms with Crippen LogP contribution < -0.4 is 0 Å². The summed E-state index contributed by atoms with van der Waals surface area (Å²) < 4.78 is 2.30. The zero-order chi connectivity index (χ0) is 21.7. The summed E-state index contributed by atoms with van der Waals surface area (Å²) in [4.78, 5) is 15.9. The van der Waals surface area contributed by atoms with Gasteiger partial charge in [-0.1, -0.05) is 66.7 Å². The molecule has 0 bridgehead atoms. The number of aromatic nitrogens is 2. The maximum absolute atomic E-state index is 11.2. The maximum atomic E-state index is 11.2. The summed E-state index contributed by atoms with van der Waals surface area (Å²) in [6.07, 6.45) is 0. The van der Waals surface area contributed by atoms with Crippen molar-refractivity contribution in [1.29, 1.82) is 0 Å². The molecule has 2 heterocycles. The molecule has 154 valence electrons. The molecule has 32 heavy (non-hydrogen) atoms. The van der Waals surface area contributed by atoms with Crippen LogP contribution in [0.15, 0.2) is 103 Å². The van der Waals surface area contributed by atoms with Gasteiger partial charge in [-0.3, -0.25) is 10.1 Å². The minimum absolute atomic E-state index is 0.00842. The average Bonchev–Trinajstić information content (AvgIpc) is 3.22. The third-order valence-electron chi connectivity index (χ3n) is 6.29. The molecule has 1 aromatic heterocycles. The van der Waals surface area contributed by atoms with Gasteiger partial charge in [0.05, 0.1) is 27.9 Å². The van der Waals surface area contributed by atoms with Crippen LogP contribution in [0, 0.1) is 10.1 Å². The van der Waals surface area contributed by atoms with E-state index in [1.54, 1.807) is 12.1 Å². The lowest BCUT2D eigenvalue weighted by Gasteiger charge is -2.34. The predicted octanol–water partition coefficient (Wildman–Crippen LogP) is 6.08. The fraction of sp³-hybridized carbons (Fsp3) is 0.0741. The molecular formula is C27H19N3O2. The highest BCUT2D eigenvalue weighted by atomic mass is 16.6. The molecule has 2 atom stereocenters. The van der Waals surface area contributed by atoms with Crippen molar-refractivity contribution < 1.29 is 4.92 Å². The number of hydrogen-bond donors (Lipinski definition) is 0. The van der Waals surface area contributed by atoms with Crippen LogP contribution in [-0.4, -0.2) is 14.5 Å². The van der Waals surface area contributed by atoms with Gasteiger partial charge in [-0.15, -0.1) is 0 Å². The second-order valence-corrected chi connectivity index (χ2v) is 8.05. The Balaban J connectivity index is 1.66. The molecule has 5 aromatic rings. The summed E-state index contributed by atoms with van der Waals surface area (Å²) in [5.74, 6) is 0.994. The lowest BCUT2D eigenvalue weighted by Crippen LogP contribution is -2.26. The first-order chi connectivity index (χ1) is 15.7. The van der Waals surface area contributed by atoms with Crippen molar-refractivity contribution in [2.45, 2.75) is 12.0 Å². The fourth-order valence-corrected chi connectivity index (χ4v) is 4.92. The van der Waals surface area contributed by atoms with E-state index in [9.17, 15) is 10.1 Å². The van der Waals surface area contributed by atoms with Gasteiger partial charge in [0.1, 0.15) is 5.82 Å². The monoisotopic (exact) mass is 417 g/mol. The molecular weight excluding hydrogens is 398 g/mol. The van der Waals surface area contributed by atoms with Gasteiger partial charge in [0, 0.05) is 12.1 Å². The van der Waals surface area contributed by atoms with Crippen LogP contribution >= 0.6 is 0 Å². The number of para-hydroxylation sites is 2. The Labute approximate surface area is 184 Å². The summed E-state index contributed by atoms with van der Waals surface area (Å²) >= 11 is 0. The Hall–Kier alpha value is -4.25. The van der Waals surface area contributed by atoms with E-state index < -0.39 is 0 Å². The van der Waals surface area contributed by atoms with E-state index in [2.05, 4.69) is 59.2 Å². The molecule has 0 fully saturated rings. The van der Waals surface area contributed by atoms with Gasteiger partial charge >= 0.3 is 0 Å². The quantitative estimate of drug-likeness (QED) is 0.259. The summed E-state index contributed by atoms with van der Waals surface area (Å²) in [7, 11) is 0. The minimum Gasteiger partial charge on any atom is -0.315 e. The fourth-order valence-electron chi connectivity index (χ4n) is 4.92. The molecule has 5 heteroatoms. The zero-order valence-corrected chi connectivity index (χ0v) is 17.1. The van der Waals surface area contributed by atoms with E-state index in [0.29, 0.717) is 0 Å². The third kappa shape index (κ3) is 2.75. The van der Waals surface area contributed by atoms with Gasteiger partial charge in [-0.05, 0) is 46.5 Å². The van der Waals surface area contributed by atoms with Crippen molar-refractivity contribution in [2.75, 3.05) is 0 Å². The molecule has 0 saturated heterocycles. The van der Waals surface area contributed by atoms with E-state index in [-0.39, 0.29) is 22.6 Å². The first-order valence-corrected chi connectivity index (χ1v) is 10.6. The first-order valence-electron chi connectivity index (χ1n) is 10.6. The van der Waals surface area contributed by atoms with Gasteiger partial charge in [0.2, 0.25) is 0 Å². The Kier molecular flexibility index (Phi) is 4.15. The standard InChI is InChI=1S/C27H19N3O2/c31-30(32)20-16-14-19(15-17-20)26-22-11-5-4-10-21(22)25(18-8-2-1-3-9-18)27-28-23-12-6-7-13-24(23)29(26)27/h1-17,25-26H. The van der Waals surface area contributed by atoms with Crippen molar-refractivity contribution in [1.82, 2.24) is 9.55 Å². The van der Waals surface area contributed by atoms with Crippen molar-refractivity contribution in [2.24, 2.45) is 0 Å². The van der Waals surface area contributed by atoms with Crippen molar-refractivity contribution in [3.05, 3.63) is 141 Å². The molecule has 5 nitrogen and oxygen atoms in total. The minimum atomic E-state index is -0.359. The van der Waals surface area contributed by atoms with Gasteiger partial charge < -0.3 is 4.57 Å². The lowest BCUT2D eigenvalue weighted by molar-refractivity contribution is -0.384. The molecule has 0 spiro atoms. The molecule has 0 amide bonds. The number of rotatable bonds is 3. The summed E-state index contributed by atoms with van der Waals surface area (Å²) in [5, 5.41) is 11.2. The van der Waals surface area contributed by atoms with Gasteiger partial charge in [-0.25, -0.2) is 4.98 Å². The number of imidazole rings is 1. The molecule has 0 N–H and O–H groups in total. The van der Waals surface area contributed by atoms with Crippen molar-refractivity contribution in [3.8, 4) is 0 Å². The average molecular weight is 417 g/mol.